The summed E-state index contributed by atoms with van der Waals surface area (Å²) in [6, 6.07) is 5.88. The molecule has 0 aliphatic rings. The second-order valence-electron chi connectivity index (χ2n) is 3.82. The molecule has 1 amide bonds. The lowest BCUT2D eigenvalue weighted by molar-refractivity contribution is -0.125. The molecule has 0 bridgehead atoms. The highest BCUT2D eigenvalue weighted by Crippen LogP contribution is 2.19. The molecule has 0 atom stereocenters. The van der Waals surface area contributed by atoms with Crippen molar-refractivity contribution in [1.82, 2.24) is 4.72 Å². The van der Waals surface area contributed by atoms with E-state index >= 15 is 0 Å². The Bertz CT molecular complexity index is 528. The third kappa shape index (κ3) is 4.29. The molecule has 100 valence electrons. The number of sulfonamides is 1. The zero-order valence-corrected chi connectivity index (χ0v) is 11.6. The first-order valence-corrected chi connectivity index (χ1v) is 7.11. The number of ether oxygens (including phenoxy) is 1. The van der Waals surface area contributed by atoms with Crippen molar-refractivity contribution in [2.24, 2.45) is 0 Å². The molecule has 0 aliphatic carbocycles. The molecule has 0 saturated heterocycles. The van der Waals surface area contributed by atoms with E-state index in [9.17, 15) is 13.2 Å². The summed E-state index contributed by atoms with van der Waals surface area (Å²) < 4.78 is 30.6. The minimum absolute atomic E-state index is 0.0579. The molecule has 1 aromatic rings. The predicted octanol–water partition coefficient (Wildman–Crippen LogP) is 1.57. The Hall–Kier alpha value is -1.11. The number of hydrogen-bond acceptors (Lipinski definition) is 4. The standard InChI is InChI=1S/C11H14ClNO4S/c1-8(2)17-7-11(14)13-18(15,16)10-6-4-3-5-9(10)12/h3-6,8H,7H2,1-2H3,(H,13,14). The van der Waals surface area contributed by atoms with E-state index in [0.29, 0.717) is 0 Å². The van der Waals surface area contributed by atoms with Crippen LogP contribution in [0.3, 0.4) is 0 Å². The molecule has 0 fully saturated rings. The van der Waals surface area contributed by atoms with Gasteiger partial charge in [-0.2, -0.15) is 0 Å². The van der Waals surface area contributed by atoms with Crippen molar-refractivity contribution < 1.29 is 17.9 Å². The van der Waals surface area contributed by atoms with Gasteiger partial charge in [-0.15, -0.1) is 0 Å². The van der Waals surface area contributed by atoms with Crippen LogP contribution in [-0.4, -0.2) is 27.0 Å². The summed E-state index contributed by atoms with van der Waals surface area (Å²) in [6.07, 6.45) is -0.154. The molecule has 7 heteroatoms. The van der Waals surface area contributed by atoms with Crippen LogP contribution in [0.4, 0.5) is 0 Å². The summed E-state index contributed by atoms with van der Waals surface area (Å²) in [5.74, 6) is -0.733. The Kier molecular flexibility index (Phi) is 5.13. The lowest BCUT2D eigenvalue weighted by Crippen LogP contribution is -2.34. The number of benzene rings is 1. The third-order valence-electron chi connectivity index (χ3n) is 1.92. The molecule has 1 rings (SSSR count). The van der Waals surface area contributed by atoms with Gasteiger partial charge in [0.2, 0.25) is 0 Å². The van der Waals surface area contributed by atoms with Gasteiger partial charge in [0, 0.05) is 0 Å². The van der Waals surface area contributed by atoms with Crippen molar-refractivity contribution >= 4 is 27.5 Å². The Morgan fingerprint density at radius 1 is 1.39 bits per heavy atom. The Labute approximate surface area is 111 Å². The van der Waals surface area contributed by atoms with E-state index < -0.39 is 15.9 Å². The maximum Gasteiger partial charge on any atom is 0.265 e. The Morgan fingerprint density at radius 2 is 2.00 bits per heavy atom. The Morgan fingerprint density at radius 3 is 2.56 bits per heavy atom. The molecule has 18 heavy (non-hydrogen) atoms. The van der Waals surface area contributed by atoms with E-state index in [0.717, 1.165) is 0 Å². The number of hydrogen-bond donors (Lipinski definition) is 1. The largest absolute Gasteiger partial charge is 0.369 e. The average Bonchev–Trinajstić information content (AvgIpc) is 2.26. The van der Waals surface area contributed by atoms with Crippen LogP contribution in [-0.2, 0) is 19.6 Å². The van der Waals surface area contributed by atoms with Gasteiger partial charge >= 0.3 is 0 Å². The minimum atomic E-state index is -3.95. The minimum Gasteiger partial charge on any atom is -0.369 e. The van der Waals surface area contributed by atoms with Gasteiger partial charge in [0.25, 0.3) is 15.9 Å². The fourth-order valence-electron chi connectivity index (χ4n) is 1.14. The highest BCUT2D eigenvalue weighted by atomic mass is 35.5. The molecule has 0 saturated carbocycles. The van der Waals surface area contributed by atoms with Crippen molar-refractivity contribution in [1.29, 1.82) is 0 Å². The number of carbonyl (C=O) groups is 1. The van der Waals surface area contributed by atoms with Gasteiger partial charge < -0.3 is 4.74 Å². The normalized spacial score (nSPS) is 11.6. The first kappa shape index (κ1) is 14.9. The Balaban J connectivity index is 2.77. The molecular formula is C11H14ClNO4S. The van der Waals surface area contributed by atoms with Gasteiger partial charge in [0.1, 0.15) is 11.5 Å². The quantitative estimate of drug-likeness (QED) is 0.894. The van der Waals surface area contributed by atoms with E-state index in [-0.39, 0.29) is 22.6 Å². The summed E-state index contributed by atoms with van der Waals surface area (Å²) in [4.78, 5) is 11.3. The van der Waals surface area contributed by atoms with E-state index in [1.165, 1.54) is 18.2 Å². The van der Waals surface area contributed by atoms with E-state index in [2.05, 4.69) is 0 Å². The fourth-order valence-corrected chi connectivity index (χ4v) is 2.63. The van der Waals surface area contributed by atoms with Crippen LogP contribution in [0.2, 0.25) is 5.02 Å². The summed E-state index contributed by atoms with van der Waals surface area (Å²) in [6.45, 7) is 3.17. The second kappa shape index (κ2) is 6.17. The van der Waals surface area contributed by atoms with Crippen molar-refractivity contribution in [3.8, 4) is 0 Å². The van der Waals surface area contributed by atoms with Gasteiger partial charge in [-0.25, -0.2) is 13.1 Å². The van der Waals surface area contributed by atoms with Gasteiger partial charge in [-0.05, 0) is 26.0 Å². The molecule has 5 nitrogen and oxygen atoms in total. The SMILES string of the molecule is CC(C)OCC(=O)NS(=O)(=O)c1ccccc1Cl. The number of rotatable bonds is 5. The van der Waals surface area contributed by atoms with Gasteiger partial charge in [-0.3, -0.25) is 4.79 Å². The first-order valence-electron chi connectivity index (χ1n) is 5.24. The van der Waals surface area contributed by atoms with E-state index in [1.54, 1.807) is 19.9 Å². The van der Waals surface area contributed by atoms with Crippen LogP contribution in [0.15, 0.2) is 29.2 Å². The number of amides is 1. The predicted molar refractivity (Wildman–Crippen MR) is 67.9 cm³/mol. The van der Waals surface area contributed by atoms with Gasteiger partial charge in [0.15, 0.2) is 0 Å². The summed E-state index contributed by atoms with van der Waals surface area (Å²) >= 11 is 5.76. The molecule has 0 heterocycles. The van der Waals surface area contributed by atoms with Crippen molar-refractivity contribution in [3.05, 3.63) is 29.3 Å². The molecule has 0 radical (unpaired) electrons. The highest BCUT2D eigenvalue weighted by Gasteiger charge is 2.20. The van der Waals surface area contributed by atoms with Gasteiger partial charge in [0.05, 0.1) is 11.1 Å². The van der Waals surface area contributed by atoms with Crippen molar-refractivity contribution in [3.63, 3.8) is 0 Å². The zero-order chi connectivity index (χ0) is 13.8. The molecule has 0 aromatic heterocycles. The van der Waals surface area contributed by atoms with E-state index in [1.807, 2.05) is 4.72 Å². The lowest BCUT2D eigenvalue weighted by Gasteiger charge is -2.10. The second-order valence-corrected chi connectivity index (χ2v) is 5.88. The molecule has 0 aliphatic heterocycles. The number of carbonyl (C=O) groups excluding carboxylic acids is 1. The van der Waals surface area contributed by atoms with Crippen LogP contribution in [0.1, 0.15) is 13.8 Å². The van der Waals surface area contributed by atoms with Crippen molar-refractivity contribution in [2.75, 3.05) is 6.61 Å². The van der Waals surface area contributed by atoms with Crippen LogP contribution < -0.4 is 4.72 Å². The third-order valence-corrected chi connectivity index (χ3v) is 3.80. The summed E-state index contributed by atoms with van der Waals surface area (Å²) in [5, 5.41) is 0.0579. The van der Waals surface area contributed by atoms with Crippen molar-refractivity contribution in [2.45, 2.75) is 24.8 Å². The highest BCUT2D eigenvalue weighted by molar-refractivity contribution is 7.90. The molecular weight excluding hydrogens is 278 g/mol. The van der Waals surface area contributed by atoms with Crippen LogP contribution in [0, 0.1) is 0 Å². The molecule has 0 unspecified atom stereocenters. The maximum absolute atomic E-state index is 11.8. The summed E-state index contributed by atoms with van der Waals surface area (Å²) in [5.41, 5.74) is 0. The van der Waals surface area contributed by atoms with Crippen LogP contribution in [0.5, 0.6) is 0 Å². The fraction of sp³-hybridized carbons (Fsp3) is 0.364. The zero-order valence-electron chi connectivity index (χ0n) is 10.0. The number of halogens is 1. The monoisotopic (exact) mass is 291 g/mol. The van der Waals surface area contributed by atoms with Gasteiger partial charge in [-0.1, -0.05) is 23.7 Å². The molecule has 0 spiro atoms. The molecule has 1 aromatic carbocycles. The summed E-state index contributed by atoms with van der Waals surface area (Å²) in [7, 11) is -3.95. The maximum atomic E-state index is 11.8. The topological polar surface area (TPSA) is 72.5 Å². The molecule has 1 N–H and O–H groups in total. The lowest BCUT2D eigenvalue weighted by atomic mass is 10.4. The smallest absolute Gasteiger partial charge is 0.265 e. The van der Waals surface area contributed by atoms with Crippen LogP contribution >= 0.6 is 11.6 Å². The average molecular weight is 292 g/mol. The van der Waals surface area contributed by atoms with E-state index in [4.69, 9.17) is 16.3 Å². The first-order chi connectivity index (χ1) is 8.33. The number of nitrogens with one attached hydrogen (secondary N) is 1. The van der Waals surface area contributed by atoms with Crippen LogP contribution in [0.25, 0.3) is 0 Å².